The summed E-state index contributed by atoms with van der Waals surface area (Å²) in [5.41, 5.74) is 2.56. The van der Waals surface area contributed by atoms with Gasteiger partial charge < -0.3 is 20.1 Å². The van der Waals surface area contributed by atoms with E-state index in [4.69, 9.17) is 14.5 Å². The van der Waals surface area contributed by atoms with Crippen LogP contribution in [0.3, 0.4) is 0 Å². The second-order valence-electron chi connectivity index (χ2n) is 8.95. The molecule has 0 radical (unpaired) electrons. The largest absolute Gasteiger partial charge is 0.373 e. The van der Waals surface area contributed by atoms with E-state index < -0.39 is 0 Å². The van der Waals surface area contributed by atoms with Crippen molar-refractivity contribution in [3.8, 4) is 0 Å². The van der Waals surface area contributed by atoms with Crippen molar-refractivity contribution in [1.82, 2.24) is 15.5 Å². The third kappa shape index (κ3) is 5.54. The molecule has 1 aromatic carbocycles. The Morgan fingerprint density at radius 3 is 2.83 bits per heavy atom. The molecule has 3 heterocycles. The first kappa shape index (κ1) is 21.6. The van der Waals surface area contributed by atoms with E-state index in [9.17, 15) is 0 Å². The van der Waals surface area contributed by atoms with Gasteiger partial charge in [-0.1, -0.05) is 29.8 Å². The Hall–Kier alpha value is -1.63. The van der Waals surface area contributed by atoms with Crippen molar-refractivity contribution in [3.05, 3.63) is 35.4 Å². The number of fused-ring (bicyclic) bond motifs is 1. The van der Waals surface area contributed by atoms with Crippen molar-refractivity contribution in [3.63, 3.8) is 0 Å². The number of benzene rings is 1. The highest BCUT2D eigenvalue weighted by molar-refractivity contribution is 5.79. The predicted octanol–water partition coefficient (Wildman–Crippen LogP) is 2.88. The minimum absolute atomic E-state index is 0.139. The first-order chi connectivity index (χ1) is 14.7. The highest BCUT2D eigenvalue weighted by Gasteiger charge is 2.32. The second-order valence-corrected chi connectivity index (χ2v) is 8.95. The minimum atomic E-state index is 0.139. The molecule has 0 aromatic heterocycles. The highest BCUT2D eigenvalue weighted by Crippen LogP contribution is 2.34. The van der Waals surface area contributed by atoms with Crippen LogP contribution < -0.4 is 10.6 Å². The van der Waals surface area contributed by atoms with Crippen molar-refractivity contribution >= 4 is 5.96 Å². The van der Waals surface area contributed by atoms with Gasteiger partial charge in [-0.25, -0.2) is 0 Å². The van der Waals surface area contributed by atoms with Gasteiger partial charge in [-0.2, -0.15) is 0 Å². The third-order valence-electron chi connectivity index (χ3n) is 6.64. The van der Waals surface area contributed by atoms with E-state index in [0.29, 0.717) is 12.0 Å². The topological polar surface area (TPSA) is 58.1 Å². The molecule has 1 aromatic rings. The summed E-state index contributed by atoms with van der Waals surface area (Å²) in [5, 5.41) is 6.92. The number of nitrogens with one attached hydrogen (secondary N) is 2. The van der Waals surface area contributed by atoms with E-state index >= 15 is 0 Å². The summed E-state index contributed by atoms with van der Waals surface area (Å²) in [6.07, 6.45) is 5.24. The molecule has 4 unspecified atom stereocenters. The molecule has 0 aliphatic carbocycles. The van der Waals surface area contributed by atoms with Crippen LogP contribution in [0.2, 0.25) is 0 Å². The molecule has 0 amide bonds. The van der Waals surface area contributed by atoms with Crippen LogP contribution in [0, 0.1) is 12.8 Å². The van der Waals surface area contributed by atoms with Crippen LogP contribution in [-0.4, -0.2) is 68.9 Å². The molecule has 0 bridgehead atoms. The summed E-state index contributed by atoms with van der Waals surface area (Å²) in [7, 11) is 0. The third-order valence-corrected chi connectivity index (χ3v) is 6.64. The van der Waals surface area contributed by atoms with Crippen LogP contribution in [0.5, 0.6) is 0 Å². The zero-order chi connectivity index (χ0) is 20.8. The monoisotopic (exact) mass is 414 g/mol. The van der Waals surface area contributed by atoms with Gasteiger partial charge in [0.05, 0.1) is 18.8 Å². The Balaban J connectivity index is 1.33. The number of morpholine rings is 1. The van der Waals surface area contributed by atoms with Gasteiger partial charge in [0.2, 0.25) is 0 Å². The lowest BCUT2D eigenvalue weighted by Gasteiger charge is -2.35. The first-order valence-electron chi connectivity index (χ1n) is 11.8. The van der Waals surface area contributed by atoms with Crippen molar-refractivity contribution < 1.29 is 9.47 Å². The summed E-state index contributed by atoms with van der Waals surface area (Å²) in [6, 6.07) is 9.41. The van der Waals surface area contributed by atoms with Gasteiger partial charge >= 0.3 is 0 Å². The number of guanidine groups is 1. The maximum absolute atomic E-state index is 6.17. The molecule has 0 saturated carbocycles. The Labute approximate surface area is 181 Å². The van der Waals surface area contributed by atoms with Crippen LogP contribution in [-0.2, 0) is 9.47 Å². The summed E-state index contributed by atoms with van der Waals surface area (Å²) < 4.78 is 12.3. The maximum Gasteiger partial charge on any atom is 0.191 e. The number of aryl methyl sites for hydroxylation is 1. The predicted molar refractivity (Wildman–Crippen MR) is 121 cm³/mol. The van der Waals surface area contributed by atoms with E-state index in [-0.39, 0.29) is 12.2 Å². The Kier molecular flexibility index (Phi) is 7.63. The molecule has 6 nitrogen and oxygen atoms in total. The van der Waals surface area contributed by atoms with Crippen LogP contribution in [0.15, 0.2) is 29.3 Å². The van der Waals surface area contributed by atoms with Gasteiger partial charge in [0.25, 0.3) is 0 Å². The maximum atomic E-state index is 6.17. The van der Waals surface area contributed by atoms with Gasteiger partial charge in [-0.3, -0.25) is 9.89 Å². The Bertz CT molecular complexity index is 693. The molecule has 3 aliphatic rings. The van der Waals surface area contributed by atoms with Gasteiger partial charge in [0.1, 0.15) is 0 Å². The molecule has 30 heavy (non-hydrogen) atoms. The molecule has 3 fully saturated rings. The number of hydrogen-bond acceptors (Lipinski definition) is 4. The van der Waals surface area contributed by atoms with E-state index in [0.717, 1.165) is 58.2 Å². The molecule has 3 aliphatic heterocycles. The normalized spacial score (nSPS) is 30.1. The molecule has 4 atom stereocenters. The fourth-order valence-corrected chi connectivity index (χ4v) is 4.92. The van der Waals surface area contributed by atoms with E-state index in [1.165, 1.54) is 30.5 Å². The molecular weight excluding hydrogens is 376 g/mol. The van der Waals surface area contributed by atoms with Gasteiger partial charge in [0, 0.05) is 44.7 Å². The SMILES string of the molecule is CCNC(=NCC1CCCOC1c1ccc(C)cc1)NCC1CN2CCCC2CO1. The summed E-state index contributed by atoms with van der Waals surface area (Å²) >= 11 is 0. The van der Waals surface area contributed by atoms with Gasteiger partial charge in [-0.15, -0.1) is 0 Å². The number of aliphatic imine (C=N–C) groups is 1. The van der Waals surface area contributed by atoms with Crippen molar-refractivity contribution in [2.75, 3.05) is 45.9 Å². The van der Waals surface area contributed by atoms with Gasteiger partial charge in [-0.05, 0) is 51.6 Å². The number of nitrogens with zero attached hydrogens (tertiary/aromatic N) is 2. The summed E-state index contributed by atoms with van der Waals surface area (Å²) in [4.78, 5) is 7.52. The van der Waals surface area contributed by atoms with E-state index in [1.807, 2.05) is 0 Å². The Morgan fingerprint density at radius 2 is 2.00 bits per heavy atom. The lowest BCUT2D eigenvalue weighted by atomic mass is 9.89. The average molecular weight is 415 g/mol. The fourth-order valence-electron chi connectivity index (χ4n) is 4.92. The number of hydrogen-bond donors (Lipinski definition) is 2. The number of rotatable bonds is 6. The zero-order valence-corrected chi connectivity index (χ0v) is 18.6. The van der Waals surface area contributed by atoms with Crippen LogP contribution >= 0.6 is 0 Å². The summed E-state index contributed by atoms with van der Waals surface area (Å²) in [6.45, 7) is 10.6. The first-order valence-corrected chi connectivity index (χ1v) is 11.8. The average Bonchev–Trinajstić information content (AvgIpc) is 3.24. The molecule has 0 spiro atoms. The van der Waals surface area contributed by atoms with E-state index in [2.05, 4.69) is 53.6 Å². The lowest BCUT2D eigenvalue weighted by Crippen LogP contribution is -2.51. The van der Waals surface area contributed by atoms with Crippen molar-refractivity contribution in [2.24, 2.45) is 10.9 Å². The molecule has 4 rings (SSSR count). The van der Waals surface area contributed by atoms with Crippen LogP contribution in [0.4, 0.5) is 0 Å². The molecule has 6 heteroatoms. The van der Waals surface area contributed by atoms with Crippen molar-refractivity contribution in [2.45, 2.75) is 57.8 Å². The highest BCUT2D eigenvalue weighted by atomic mass is 16.5. The van der Waals surface area contributed by atoms with Crippen LogP contribution in [0.1, 0.15) is 49.8 Å². The smallest absolute Gasteiger partial charge is 0.191 e. The molecular formula is C24H38N4O2. The van der Waals surface area contributed by atoms with Gasteiger partial charge in [0.15, 0.2) is 5.96 Å². The minimum Gasteiger partial charge on any atom is -0.373 e. The van der Waals surface area contributed by atoms with Crippen LogP contribution in [0.25, 0.3) is 0 Å². The Morgan fingerprint density at radius 1 is 1.13 bits per heavy atom. The fraction of sp³-hybridized carbons (Fsp3) is 0.708. The van der Waals surface area contributed by atoms with E-state index in [1.54, 1.807) is 0 Å². The molecule has 2 N–H and O–H groups in total. The molecule has 3 saturated heterocycles. The summed E-state index contributed by atoms with van der Waals surface area (Å²) in [5.74, 6) is 1.30. The molecule has 166 valence electrons. The lowest BCUT2D eigenvalue weighted by molar-refractivity contribution is -0.0453. The van der Waals surface area contributed by atoms with Crippen molar-refractivity contribution in [1.29, 1.82) is 0 Å². The number of ether oxygens (including phenoxy) is 2. The standard InChI is InChI=1S/C24H38N4O2/c1-3-25-24(27-15-22-16-28-12-4-7-21(28)17-30-22)26-14-20-6-5-13-29-23(20)19-10-8-18(2)9-11-19/h8-11,20-23H,3-7,12-17H2,1-2H3,(H2,25,26,27). The second kappa shape index (κ2) is 10.6. The quantitative estimate of drug-likeness (QED) is 0.554. The zero-order valence-electron chi connectivity index (χ0n) is 18.6.